The molecule has 0 aliphatic heterocycles. The molecule has 21 heavy (non-hydrogen) atoms. The second-order valence-electron chi connectivity index (χ2n) is 5.61. The van der Waals surface area contributed by atoms with Crippen molar-refractivity contribution in [1.29, 1.82) is 0 Å². The number of carbonyl (C=O) groups excluding carboxylic acids is 2. The Morgan fingerprint density at radius 3 is 2.14 bits per heavy atom. The largest absolute Gasteiger partial charge is 0.467 e. The Morgan fingerprint density at radius 1 is 1.19 bits per heavy atom. The summed E-state index contributed by atoms with van der Waals surface area (Å²) >= 11 is 3.37. The van der Waals surface area contributed by atoms with E-state index in [1.165, 1.54) is 7.11 Å². The Bertz CT molecular complexity index is 513. The summed E-state index contributed by atoms with van der Waals surface area (Å²) in [6, 6.07) is 7.56. The van der Waals surface area contributed by atoms with E-state index < -0.39 is 11.5 Å². The Balaban J connectivity index is 2.92. The first-order chi connectivity index (χ1) is 9.72. The molecule has 1 rings (SSSR count). The smallest absolute Gasteiger partial charge is 0.331 e. The summed E-state index contributed by atoms with van der Waals surface area (Å²) in [4.78, 5) is 24.4. The molecule has 0 fully saturated rings. The molecule has 2 unspecified atom stereocenters. The van der Waals surface area contributed by atoms with Crippen LogP contribution in [0.3, 0.4) is 0 Å². The average Bonchev–Trinajstić information content (AvgIpc) is 2.45. The minimum absolute atomic E-state index is 0.0778. The normalized spacial score (nSPS) is 15.2. The van der Waals surface area contributed by atoms with Gasteiger partial charge in [0.1, 0.15) is 5.54 Å². The number of hydrogen-bond acceptors (Lipinski definition) is 3. The van der Waals surface area contributed by atoms with Crippen molar-refractivity contribution in [2.75, 3.05) is 7.11 Å². The van der Waals surface area contributed by atoms with E-state index >= 15 is 0 Å². The van der Waals surface area contributed by atoms with Crippen molar-refractivity contribution in [2.24, 2.45) is 5.92 Å². The summed E-state index contributed by atoms with van der Waals surface area (Å²) in [5.41, 5.74) is -0.137. The highest BCUT2D eigenvalue weighted by atomic mass is 79.9. The molecule has 0 heterocycles. The Hall–Kier alpha value is -1.36. The van der Waals surface area contributed by atoms with E-state index in [2.05, 4.69) is 21.2 Å². The van der Waals surface area contributed by atoms with Crippen LogP contribution < -0.4 is 5.32 Å². The maximum atomic E-state index is 12.4. The highest BCUT2D eigenvalue weighted by Crippen LogP contribution is 2.23. The van der Waals surface area contributed by atoms with E-state index in [1.54, 1.807) is 6.92 Å². The standard InChI is InChI=1S/C16H22BrNO3/c1-10(2)16(4,15(20)21-5)18-14(19)11(3)12-6-8-13(17)9-7-12/h6-11H,1-5H3,(H,18,19). The third-order valence-electron chi connectivity index (χ3n) is 3.91. The number of nitrogens with one attached hydrogen (secondary N) is 1. The molecule has 0 radical (unpaired) electrons. The van der Waals surface area contributed by atoms with E-state index in [-0.39, 0.29) is 17.7 Å². The average molecular weight is 356 g/mol. The number of halogens is 1. The Morgan fingerprint density at radius 2 is 1.71 bits per heavy atom. The fraction of sp³-hybridized carbons (Fsp3) is 0.500. The van der Waals surface area contributed by atoms with Gasteiger partial charge in [0.2, 0.25) is 5.91 Å². The van der Waals surface area contributed by atoms with Gasteiger partial charge < -0.3 is 10.1 Å². The minimum Gasteiger partial charge on any atom is -0.467 e. The van der Waals surface area contributed by atoms with E-state index in [1.807, 2.05) is 45.0 Å². The molecule has 5 heteroatoms. The van der Waals surface area contributed by atoms with Crippen LogP contribution in [0.25, 0.3) is 0 Å². The summed E-state index contributed by atoms with van der Waals surface area (Å²) in [7, 11) is 1.33. The van der Waals surface area contributed by atoms with Crippen LogP contribution in [0.2, 0.25) is 0 Å². The zero-order chi connectivity index (χ0) is 16.2. The highest BCUT2D eigenvalue weighted by Gasteiger charge is 2.40. The fourth-order valence-electron chi connectivity index (χ4n) is 1.91. The molecule has 0 aliphatic carbocycles. The molecule has 0 saturated heterocycles. The van der Waals surface area contributed by atoms with Crippen LogP contribution in [-0.2, 0) is 14.3 Å². The van der Waals surface area contributed by atoms with Crippen LogP contribution in [0.15, 0.2) is 28.7 Å². The molecular weight excluding hydrogens is 334 g/mol. The van der Waals surface area contributed by atoms with Crippen LogP contribution >= 0.6 is 15.9 Å². The number of rotatable bonds is 5. The number of carbonyl (C=O) groups is 2. The molecule has 1 amide bonds. The van der Waals surface area contributed by atoms with Gasteiger partial charge in [0.15, 0.2) is 0 Å². The zero-order valence-corrected chi connectivity index (χ0v) is 14.7. The molecule has 116 valence electrons. The first-order valence-corrected chi connectivity index (χ1v) is 7.67. The van der Waals surface area contributed by atoms with Crippen molar-refractivity contribution in [1.82, 2.24) is 5.32 Å². The quantitative estimate of drug-likeness (QED) is 0.824. The topological polar surface area (TPSA) is 55.4 Å². The zero-order valence-electron chi connectivity index (χ0n) is 13.1. The van der Waals surface area contributed by atoms with Crippen LogP contribution in [0.1, 0.15) is 39.2 Å². The monoisotopic (exact) mass is 355 g/mol. The van der Waals surface area contributed by atoms with Crippen molar-refractivity contribution in [3.63, 3.8) is 0 Å². The number of amides is 1. The van der Waals surface area contributed by atoms with Crippen molar-refractivity contribution in [3.05, 3.63) is 34.3 Å². The van der Waals surface area contributed by atoms with Gasteiger partial charge in [-0.1, -0.05) is 41.9 Å². The van der Waals surface area contributed by atoms with Crippen molar-refractivity contribution in [3.8, 4) is 0 Å². The third-order valence-corrected chi connectivity index (χ3v) is 4.44. The summed E-state index contributed by atoms with van der Waals surface area (Å²) in [6.45, 7) is 7.26. The Kier molecular flexibility index (Phi) is 5.96. The second kappa shape index (κ2) is 7.07. The Labute approximate surface area is 134 Å². The SMILES string of the molecule is COC(=O)C(C)(NC(=O)C(C)c1ccc(Br)cc1)C(C)C. The van der Waals surface area contributed by atoms with Gasteiger partial charge >= 0.3 is 5.97 Å². The summed E-state index contributed by atoms with van der Waals surface area (Å²) in [6.07, 6.45) is 0. The molecule has 1 N–H and O–H groups in total. The van der Waals surface area contributed by atoms with Gasteiger partial charge in [-0.05, 0) is 37.5 Å². The maximum absolute atomic E-state index is 12.4. The van der Waals surface area contributed by atoms with Gasteiger partial charge in [0.05, 0.1) is 13.0 Å². The lowest BCUT2D eigenvalue weighted by Crippen LogP contribution is -2.57. The third kappa shape index (κ3) is 4.06. The molecule has 0 aliphatic rings. The molecule has 0 bridgehead atoms. The van der Waals surface area contributed by atoms with Crippen LogP contribution in [0.5, 0.6) is 0 Å². The maximum Gasteiger partial charge on any atom is 0.331 e. The van der Waals surface area contributed by atoms with Gasteiger partial charge in [0.25, 0.3) is 0 Å². The lowest BCUT2D eigenvalue weighted by molar-refractivity contribution is -0.152. The van der Waals surface area contributed by atoms with E-state index in [4.69, 9.17) is 4.74 Å². The first-order valence-electron chi connectivity index (χ1n) is 6.88. The summed E-state index contributed by atoms with van der Waals surface area (Å²) in [5, 5.41) is 2.83. The van der Waals surface area contributed by atoms with Crippen LogP contribution in [0.4, 0.5) is 0 Å². The van der Waals surface area contributed by atoms with E-state index in [0.717, 1.165) is 10.0 Å². The molecule has 0 saturated carbocycles. The predicted octanol–water partition coefficient (Wildman–Crippen LogP) is 3.26. The van der Waals surface area contributed by atoms with Crippen molar-refractivity contribution in [2.45, 2.75) is 39.2 Å². The number of esters is 1. The first kappa shape index (κ1) is 17.7. The van der Waals surface area contributed by atoms with Crippen molar-refractivity contribution < 1.29 is 14.3 Å². The lowest BCUT2D eigenvalue weighted by Gasteiger charge is -2.32. The van der Waals surface area contributed by atoms with Crippen molar-refractivity contribution >= 4 is 27.8 Å². The molecule has 1 aromatic rings. The molecule has 2 atom stereocenters. The van der Waals surface area contributed by atoms with Crippen LogP contribution in [-0.4, -0.2) is 24.5 Å². The molecule has 1 aromatic carbocycles. The summed E-state index contributed by atoms with van der Waals surface area (Å²) < 4.78 is 5.78. The number of methoxy groups -OCH3 is 1. The predicted molar refractivity (Wildman–Crippen MR) is 86.0 cm³/mol. The van der Waals surface area contributed by atoms with E-state index in [0.29, 0.717) is 0 Å². The van der Waals surface area contributed by atoms with Gasteiger partial charge in [-0.15, -0.1) is 0 Å². The summed E-state index contributed by atoms with van der Waals surface area (Å²) in [5.74, 6) is -1.06. The second-order valence-corrected chi connectivity index (χ2v) is 6.53. The van der Waals surface area contributed by atoms with Gasteiger partial charge in [0, 0.05) is 4.47 Å². The van der Waals surface area contributed by atoms with E-state index in [9.17, 15) is 9.59 Å². The number of hydrogen-bond donors (Lipinski definition) is 1. The lowest BCUT2D eigenvalue weighted by atomic mass is 9.87. The number of benzene rings is 1. The molecule has 0 aromatic heterocycles. The van der Waals surface area contributed by atoms with Gasteiger partial charge in [-0.3, -0.25) is 4.79 Å². The number of ether oxygens (including phenoxy) is 1. The molecule has 0 spiro atoms. The highest BCUT2D eigenvalue weighted by molar-refractivity contribution is 9.10. The van der Waals surface area contributed by atoms with Gasteiger partial charge in [-0.2, -0.15) is 0 Å². The molecular formula is C16H22BrNO3. The van der Waals surface area contributed by atoms with Gasteiger partial charge in [-0.25, -0.2) is 4.79 Å². The molecule has 4 nitrogen and oxygen atoms in total. The van der Waals surface area contributed by atoms with Crippen LogP contribution in [0, 0.1) is 5.92 Å². The fourth-order valence-corrected chi connectivity index (χ4v) is 2.17. The minimum atomic E-state index is -1.03.